The van der Waals surface area contributed by atoms with Crippen molar-refractivity contribution in [3.8, 4) is 0 Å². The van der Waals surface area contributed by atoms with Crippen LogP contribution in [0.1, 0.15) is 42.6 Å². The summed E-state index contributed by atoms with van der Waals surface area (Å²) in [6.07, 6.45) is 1.45. The summed E-state index contributed by atoms with van der Waals surface area (Å²) < 4.78 is 0. The molecule has 0 spiro atoms. The van der Waals surface area contributed by atoms with Gasteiger partial charge in [0.1, 0.15) is 6.04 Å². The lowest BCUT2D eigenvalue weighted by molar-refractivity contribution is -0.133. The first kappa shape index (κ1) is 17.2. The van der Waals surface area contributed by atoms with E-state index in [0.29, 0.717) is 18.5 Å². The summed E-state index contributed by atoms with van der Waals surface area (Å²) in [5.74, 6) is -0.0923. The fourth-order valence-electron chi connectivity index (χ4n) is 2.33. The third-order valence-electron chi connectivity index (χ3n) is 3.51. The molecular formula is C17H26N2O2. The van der Waals surface area contributed by atoms with Gasteiger partial charge in [0.25, 0.3) is 5.91 Å². The molecule has 0 saturated carbocycles. The van der Waals surface area contributed by atoms with Gasteiger partial charge in [0.15, 0.2) is 0 Å². The molecule has 0 aliphatic heterocycles. The van der Waals surface area contributed by atoms with Crippen LogP contribution in [0.4, 0.5) is 0 Å². The van der Waals surface area contributed by atoms with E-state index in [9.17, 15) is 9.59 Å². The number of carbonyl (C=O) groups is 2. The Bertz CT molecular complexity index is 480. The van der Waals surface area contributed by atoms with Gasteiger partial charge in [-0.2, -0.15) is 0 Å². The van der Waals surface area contributed by atoms with Crippen LogP contribution in [0.2, 0.25) is 0 Å². The molecule has 0 fully saturated rings. The molecule has 0 aromatic heterocycles. The van der Waals surface area contributed by atoms with E-state index in [2.05, 4.69) is 0 Å². The summed E-state index contributed by atoms with van der Waals surface area (Å²) >= 11 is 0. The molecule has 0 saturated heterocycles. The van der Waals surface area contributed by atoms with Crippen molar-refractivity contribution in [1.82, 2.24) is 9.80 Å². The monoisotopic (exact) mass is 290 g/mol. The van der Waals surface area contributed by atoms with Gasteiger partial charge in [0.05, 0.1) is 0 Å². The maximum atomic E-state index is 12.7. The Hall–Kier alpha value is -1.84. The van der Waals surface area contributed by atoms with Crippen LogP contribution >= 0.6 is 0 Å². The average molecular weight is 290 g/mol. The Kier molecular flexibility index (Phi) is 6.40. The van der Waals surface area contributed by atoms with E-state index in [4.69, 9.17) is 0 Å². The Balaban J connectivity index is 3.06. The zero-order valence-electron chi connectivity index (χ0n) is 13.7. The smallest absolute Gasteiger partial charge is 0.254 e. The lowest BCUT2D eigenvalue weighted by Gasteiger charge is -2.32. The van der Waals surface area contributed by atoms with E-state index in [-0.39, 0.29) is 11.8 Å². The molecule has 4 heteroatoms. The Labute approximate surface area is 127 Å². The predicted molar refractivity (Wildman–Crippen MR) is 85.3 cm³/mol. The lowest BCUT2D eigenvalue weighted by atomic mass is 10.1. The fraction of sp³-hybridized carbons (Fsp3) is 0.529. The van der Waals surface area contributed by atoms with Gasteiger partial charge in [0.2, 0.25) is 5.91 Å². The molecule has 0 heterocycles. The topological polar surface area (TPSA) is 40.6 Å². The second kappa shape index (κ2) is 7.81. The second-order valence-electron chi connectivity index (χ2n) is 5.52. The van der Waals surface area contributed by atoms with E-state index in [1.807, 2.05) is 45.0 Å². The molecule has 21 heavy (non-hydrogen) atoms. The molecule has 1 aromatic rings. The molecule has 0 N–H and O–H groups in total. The van der Waals surface area contributed by atoms with Crippen molar-refractivity contribution in [2.75, 3.05) is 20.6 Å². The van der Waals surface area contributed by atoms with Crippen LogP contribution in [0.15, 0.2) is 24.3 Å². The van der Waals surface area contributed by atoms with Crippen LogP contribution in [-0.2, 0) is 4.79 Å². The minimum Gasteiger partial charge on any atom is -0.347 e. The molecule has 0 aliphatic carbocycles. The number of amides is 2. The van der Waals surface area contributed by atoms with Crippen molar-refractivity contribution in [3.05, 3.63) is 35.4 Å². The van der Waals surface area contributed by atoms with Gasteiger partial charge in [0, 0.05) is 26.2 Å². The first-order valence-corrected chi connectivity index (χ1v) is 7.51. The molecule has 116 valence electrons. The van der Waals surface area contributed by atoms with Crippen molar-refractivity contribution in [2.24, 2.45) is 0 Å². The Morgan fingerprint density at radius 2 is 1.67 bits per heavy atom. The van der Waals surface area contributed by atoms with Crippen molar-refractivity contribution in [1.29, 1.82) is 0 Å². The summed E-state index contributed by atoms with van der Waals surface area (Å²) in [7, 11) is 3.46. The number of carbonyl (C=O) groups excluding carboxylic acids is 2. The van der Waals surface area contributed by atoms with Gasteiger partial charge in [-0.3, -0.25) is 9.59 Å². The van der Waals surface area contributed by atoms with Gasteiger partial charge in [-0.15, -0.1) is 0 Å². The minimum atomic E-state index is -0.395. The van der Waals surface area contributed by atoms with Crippen LogP contribution < -0.4 is 0 Å². The molecule has 0 aliphatic rings. The third-order valence-corrected chi connectivity index (χ3v) is 3.51. The number of rotatable bonds is 6. The number of likely N-dealkylation sites (N-methyl/N-ethyl adjacent to an activating group) is 1. The van der Waals surface area contributed by atoms with Gasteiger partial charge in [-0.05, 0) is 31.9 Å². The average Bonchev–Trinajstić information content (AvgIpc) is 2.46. The highest BCUT2D eigenvalue weighted by Crippen LogP contribution is 2.14. The summed E-state index contributed by atoms with van der Waals surface area (Å²) in [4.78, 5) is 28.3. The molecule has 1 unspecified atom stereocenters. The molecular weight excluding hydrogens is 264 g/mol. The molecule has 4 nitrogen and oxygen atoms in total. The van der Waals surface area contributed by atoms with Crippen molar-refractivity contribution < 1.29 is 9.59 Å². The summed E-state index contributed by atoms with van der Waals surface area (Å²) in [5, 5.41) is 0. The molecule has 2 amide bonds. The van der Waals surface area contributed by atoms with Crippen LogP contribution in [0, 0.1) is 6.92 Å². The largest absolute Gasteiger partial charge is 0.347 e. The Morgan fingerprint density at radius 3 is 2.10 bits per heavy atom. The van der Waals surface area contributed by atoms with Crippen LogP contribution in [0.5, 0.6) is 0 Å². The standard InChI is InChI=1S/C17H26N2O2/c1-6-12-19(15(7-2)17(21)18(4)5)16(20)14-10-8-13(3)9-11-14/h8-11,15H,6-7,12H2,1-5H3. The highest BCUT2D eigenvalue weighted by Gasteiger charge is 2.29. The van der Waals surface area contributed by atoms with Gasteiger partial charge in [-0.25, -0.2) is 0 Å². The number of hydrogen-bond acceptors (Lipinski definition) is 2. The van der Waals surface area contributed by atoms with E-state index < -0.39 is 6.04 Å². The van der Waals surface area contributed by atoms with E-state index in [1.54, 1.807) is 23.9 Å². The number of nitrogens with zero attached hydrogens (tertiary/aromatic N) is 2. The normalized spacial score (nSPS) is 11.9. The maximum absolute atomic E-state index is 12.7. The summed E-state index contributed by atoms with van der Waals surface area (Å²) in [6, 6.07) is 7.10. The zero-order chi connectivity index (χ0) is 16.0. The quantitative estimate of drug-likeness (QED) is 0.808. The van der Waals surface area contributed by atoms with Crippen LogP contribution in [-0.4, -0.2) is 48.3 Å². The highest BCUT2D eigenvalue weighted by atomic mass is 16.2. The van der Waals surface area contributed by atoms with Crippen LogP contribution in [0.25, 0.3) is 0 Å². The summed E-state index contributed by atoms with van der Waals surface area (Å²) in [6.45, 7) is 6.53. The van der Waals surface area contributed by atoms with Gasteiger partial charge in [-0.1, -0.05) is 31.5 Å². The predicted octanol–water partition coefficient (Wildman–Crippen LogP) is 2.71. The number of hydrogen-bond donors (Lipinski definition) is 0. The molecule has 0 bridgehead atoms. The molecule has 1 atom stereocenters. The SMILES string of the molecule is CCCN(C(=O)c1ccc(C)cc1)C(CC)C(=O)N(C)C. The van der Waals surface area contributed by atoms with E-state index >= 15 is 0 Å². The highest BCUT2D eigenvalue weighted by molar-refractivity contribution is 5.97. The molecule has 0 radical (unpaired) electrons. The van der Waals surface area contributed by atoms with E-state index in [0.717, 1.165) is 12.0 Å². The number of benzene rings is 1. The molecule has 1 rings (SSSR count). The zero-order valence-corrected chi connectivity index (χ0v) is 13.7. The molecule has 1 aromatic carbocycles. The first-order valence-electron chi connectivity index (χ1n) is 7.51. The maximum Gasteiger partial charge on any atom is 0.254 e. The van der Waals surface area contributed by atoms with Crippen molar-refractivity contribution >= 4 is 11.8 Å². The van der Waals surface area contributed by atoms with Gasteiger partial charge >= 0.3 is 0 Å². The van der Waals surface area contributed by atoms with Crippen molar-refractivity contribution in [2.45, 2.75) is 39.7 Å². The van der Waals surface area contributed by atoms with Crippen molar-refractivity contribution in [3.63, 3.8) is 0 Å². The third kappa shape index (κ3) is 4.31. The van der Waals surface area contributed by atoms with Crippen LogP contribution in [0.3, 0.4) is 0 Å². The second-order valence-corrected chi connectivity index (χ2v) is 5.52. The first-order chi connectivity index (χ1) is 9.92. The summed E-state index contributed by atoms with van der Waals surface area (Å²) in [5.41, 5.74) is 1.75. The van der Waals surface area contributed by atoms with Gasteiger partial charge < -0.3 is 9.80 Å². The minimum absolute atomic E-state index is 0.0218. The lowest BCUT2D eigenvalue weighted by Crippen LogP contribution is -2.49. The fourth-order valence-corrected chi connectivity index (χ4v) is 2.33. The van der Waals surface area contributed by atoms with E-state index in [1.165, 1.54) is 0 Å². The number of aryl methyl sites for hydroxylation is 1. The Morgan fingerprint density at radius 1 is 1.10 bits per heavy atom.